The molecule has 0 saturated carbocycles. The second-order valence-corrected chi connectivity index (χ2v) is 6.31. The minimum absolute atomic E-state index is 0.197. The highest BCUT2D eigenvalue weighted by Crippen LogP contribution is 2.28. The fraction of sp³-hybridized carbons (Fsp3) is 0.300. The van der Waals surface area contributed by atoms with Gasteiger partial charge in [-0.1, -0.05) is 23.2 Å². The number of aromatic carboxylic acids is 1. The lowest BCUT2D eigenvalue weighted by atomic mass is 10.2. The summed E-state index contributed by atoms with van der Waals surface area (Å²) in [6.45, 7) is -1.07. The number of carboxylic acid groups (broad SMARTS) is 1. The van der Waals surface area contributed by atoms with Crippen molar-refractivity contribution in [3.63, 3.8) is 0 Å². The number of nitrogens with one attached hydrogen (secondary N) is 1. The zero-order valence-corrected chi connectivity index (χ0v) is 12.2. The van der Waals surface area contributed by atoms with Gasteiger partial charge in [-0.3, -0.25) is 0 Å². The molecule has 112 valence electrons. The molecule has 0 heterocycles. The highest BCUT2D eigenvalue weighted by molar-refractivity contribution is 7.89. The Morgan fingerprint density at radius 3 is 2.40 bits per heavy atom. The van der Waals surface area contributed by atoms with Gasteiger partial charge in [-0.2, -0.15) is 0 Å². The second-order valence-electron chi connectivity index (χ2n) is 3.76. The van der Waals surface area contributed by atoms with Crippen LogP contribution in [-0.2, 0) is 10.0 Å². The minimum atomic E-state index is -4.14. The van der Waals surface area contributed by atoms with Crippen LogP contribution in [0, 0.1) is 0 Å². The summed E-state index contributed by atoms with van der Waals surface area (Å²) >= 11 is 11.4. The van der Waals surface area contributed by atoms with E-state index in [4.69, 9.17) is 38.5 Å². The third-order valence-corrected chi connectivity index (χ3v) is 4.46. The average Bonchev–Trinajstić information content (AvgIpc) is 2.35. The lowest BCUT2D eigenvalue weighted by Crippen LogP contribution is -2.34. The number of carboxylic acids is 1. The molecule has 1 aromatic carbocycles. The van der Waals surface area contributed by atoms with E-state index in [-0.39, 0.29) is 10.0 Å². The zero-order valence-electron chi connectivity index (χ0n) is 9.88. The summed E-state index contributed by atoms with van der Waals surface area (Å²) in [6.07, 6.45) is -1.28. The van der Waals surface area contributed by atoms with Gasteiger partial charge < -0.3 is 15.3 Å². The van der Waals surface area contributed by atoms with E-state index in [9.17, 15) is 13.2 Å². The normalized spacial score (nSPS) is 13.2. The predicted octanol–water partition coefficient (Wildman–Crippen LogP) is 0.323. The zero-order chi connectivity index (χ0) is 15.5. The van der Waals surface area contributed by atoms with Crippen molar-refractivity contribution in [2.45, 2.75) is 11.0 Å². The number of benzene rings is 1. The van der Waals surface area contributed by atoms with Crippen molar-refractivity contribution in [1.29, 1.82) is 0 Å². The van der Waals surface area contributed by atoms with Crippen molar-refractivity contribution in [3.05, 3.63) is 27.7 Å². The molecule has 7 nitrogen and oxygen atoms in total. The standard InChI is InChI=1S/C10H11Cl2NO6S/c11-7-2-8(12)9(1-6(7)10(16)17)20(18,19)13-3-5(15)4-14/h1-2,5,13-15H,3-4H2,(H,16,17). The van der Waals surface area contributed by atoms with Crippen molar-refractivity contribution in [2.75, 3.05) is 13.2 Å². The van der Waals surface area contributed by atoms with E-state index in [1.54, 1.807) is 0 Å². The van der Waals surface area contributed by atoms with Crippen molar-refractivity contribution in [2.24, 2.45) is 0 Å². The molecule has 0 radical (unpaired) electrons. The molecule has 1 aromatic rings. The van der Waals surface area contributed by atoms with Crippen molar-refractivity contribution >= 4 is 39.2 Å². The Hall–Kier alpha value is -0.900. The molecule has 20 heavy (non-hydrogen) atoms. The Morgan fingerprint density at radius 1 is 1.30 bits per heavy atom. The molecule has 0 spiro atoms. The molecule has 0 aromatic heterocycles. The first kappa shape index (κ1) is 17.2. The van der Waals surface area contributed by atoms with Gasteiger partial charge in [0.1, 0.15) is 4.90 Å². The molecule has 0 aliphatic carbocycles. The second kappa shape index (κ2) is 6.70. The van der Waals surface area contributed by atoms with Crippen molar-refractivity contribution < 1.29 is 28.5 Å². The number of rotatable bonds is 6. The van der Waals surface area contributed by atoms with Crippen LogP contribution >= 0.6 is 23.2 Å². The molecule has 10 heteroatoms. The maximum Gasteiger partial charge on any atom is 0.337 e. The first-order chi connectivity index (χ1) is 9.19. The number of sulfonamides is 1. The molecule has 0 bridgehead atoms. The first-order valence-corrected chi connectivity index (χ1v) is 7.44. The van der Waals surface area contributed by atoms with E-state index in [0.717, 1.165) is 12.1 Å². The van der Waals surface area contributed by atoms with Crippen molar-refractivity contribution in [1.82, 2.24) is 4.72 Å². The lowest BCUT2D eigenvalue weighted by molar-refractivity contribution is 0.0697. The molecular weight excluding hydrogens is 333 g/mol. The van der Waals surface area contributed by atoms with Gasteiger partial charge in [-0.15, -0.1) is 0 Å². The molecule has 0 aliphatic rings. The molecule has 0 saturated heterocycles. The van der Waals surface area contributed by atoms with E-state index in [1.165, 1.54) is 0 Å². The number of aliphatic hydroxyl groups is 2. The van der Waals surface area contributed by atoms with Crippen LogP contribution in [0.4, 0.5) is 0 Å². The minimum Gasteiger partial charge on any atom is -0.478 e. The van der Waals surface area contributed by atoms with Crippen LogP contribution in [0.5, 0.6) is 0 Å². The third-order valence-electron chi connectivity index (χ3n) is 2.26. The van der Waals surface area contributed by atoms with Gasteiger partial charge in [0.05, 0.1) is 28.3 Å². The van der Waals surface area contributed by atoms with E-state index < -0.39 is 45.7 Å². The number of hydrogen-bond acceptors (Lipinski definition) is 5. The Kier molecular flexibility index (Phi) is 5.75. The summed E-state index contributed by atoms with van der Waals surface area (Å²) in [6, 6.07) is 1.82. The Morgan fingerprint density at radius 2 is 1.90 bits per heavy atom. The highest BCUT2D eigenvalue weighted by Gasteiger charge is 2.23. The fourth-order valence-electron chi connectivity index (χ4n) is 1.25. The molecular formula is C10H11Cl2NO6S. The number of halogens is 2. The third kappa shape index (κ3) is 4.05. The van der Waals surface area contributed by atoms with Crippen molar-refractivity contribution in [3.8, 4) is 0 Å². The number of hydrogen-bond donors (Lipinski definition) is 4. The largest absolute Gasteiger partial charge is 0.478 e. The molecule has 1 unspecified atom stereocenters. The summed E-state index contributed by atoms with van der Waals surface area (Å²) < 4.78 is 25.9. The average molecular weight is 344 g/mol. The molecule has 0 fully saturated rings. The summed E-state index contributed by atoms with van der Waals surface area (Å²) in [5.41, 5.74) is -0.417. The predicted molar refractivity (Wildman–Crippen MR) is 71.7 cm³/mol. The van der Waals surface area contributed by atoms with Crippen LogP contribution in [0.25, 0.3) is 0 Å². The van der Waals surface area contributed by atoms with Crippen LogP contribution in [0.2, 0.25) is 10.0 Å². The maximum absolute atomic E-state index is 11.9. The summed E-state index contributed by atoms with van der Waals surface area (Å²) in [5.74, 6) is -1.40. The quantitative estimate of drug-likeness (QED) is 0.589. The van der Waals surface area contributed by atoms with Gasteiger partial charge in [0.15, 0.2) is 0 Å². The smallest absolute Gasteiger partial charge is 0.337 e. The van der Waals surface area contributed by atoms with Crippen LogP contribution in [-0.4, -0.2) is 49.0 Å². The molecule has 1 rings (SSSR count). The van der Waals surface area contributed by atoms with Crippen LogP contribution < -0.4 is 4.72 Å². The SMILES string of the molecule is O=C(O)c1cc(S(=O)(=O)NCC(O)CO)c(Cl)cc1Cl. The molecule has 0 aliphatic heterocycles. The monoisotopic (exact) mass is 343 g/mol. The van der Waals surface area contributed by atoms with E-state index >= 15 is 0 Å². The number of aliphatic hydroxyl groups excluding tert-OH is 2. The Labute approximate surface area is 124 Å². The summed E-state index contributed by atoms with van der Waals surface area (Å²) in [5, 5.41) is 26.1. The Balaban J connectivity index is 3.18. The summed E-state index contributed by atoms with van der Waals surface area (Å²) in [7, 11) is -4.14. The van der Waals surface area contributed by atoms with Gasteiger partial charge in [-0.05, 0) is 12.1 Å². The lowest BCUT2D eigenvalue weighted by Gasteiger charge is -2.12. The molecule has 1 atom stereocenters. The number of carbonyl (C=O) groups is 1. The molecule has 4 N–H and O–H groups in total. The van der Waals surface area contributed by atoms with E-state index in [0.29, 0.717) is 0 Å². The fourth-order valence-corrected chi connectivity index (χ4v) is 3.17. The summed E-state index contributed by atoms with van der Waals surface area (Å²) in [4.78, 5) is 10.4. The van der Waals surface area contributed by atoms with Gasteiger partial charge in [-0.25, -0.2) is 17.9 Å². The highest BCUT2D eigenvalue weighted by atomic mass is 35.5. The maximum atomic E-state index is 11.9. The van der Waals surface area contributed by atoms with Crippen LogP contribution in [0.15, 0.2) is 17.0 Å². The van der Waals surface area contributed by atoms with Gasteiger partial charge in [0.2, 0.25) is 10.0 Å². The van der Waals surface area contributed by atoms with Crippen LogP contribution in [0.1, 0.15) is 10.4 Å². The van der Waals surface area contributed by atoms with E-state index in [2.05, 4.69) is 0 Å². The van der Waals surface area contributed by atoms with Gasteiger partial charge >= 0.3 is 5.97 Å². The van der Waals surface area contributed by atoms with E-state index in [1.807, 2.05) is 4.72 Å². The first-order valence-electron chi connectivity index (χ1n) is 5.20. The molecule has 0 amide bonds. The van der Waals surface area contributed by atoms with Gasteiger partial charge in [0.25, 0.3) is 0 Å². The van der Waals surface area contributed by atoms with Crippen LogP contribution in [0.3, 0.4) is 0 Å². The topological polar surface area (TPSA) is 124 Å². The van der Waals surface area contributed by atoms with Gasteiger partial charge in [0, 0.05) is 6.54 Å². The Bertz CT molecular complexity index is 618.